The number of nitrogens with zero attached hydrogens (tertiary/aromatic N) is 2. The van der Waals surface area contributed by atoms with E-state index < -0.39 is 10.2 Å². The molecule has 0 spiro atoms. The van der Waals surface area contributed by atoms with Crippen LogP contribution in [0.1, 0.15) is 32.1 Å². The average molecular weight is 311 g/mol. The van der Waals surface area contributed by atoms with Crippen LogP contribution in [-0.4, -0.2) is 61.8 Å². The Morgan fingerprint density at radius 1 is 1.26 bits per heavy atom. The lowest BCUT2D eigenvalue weighted by Gasteiger charge is -2.39. The summed E-state index contributed by atoms with van der Waals surface area (Å²) in [5.74, 6) is 0.376. The third-order valence-corrected chi connectivity index (χ3v) is 6.57. The molecule has 0 radical (unpaired) electrons. The van der Waals surface area contributed by atoms with Gasteiger partial charge in [0.25, 0.3) is 10.2 Å². The summed E-state index contributed by atoms with van der Waals surface area (Å²) in [6.07, 6.45) is 4.40. The Bertz CT molecular complexity index is 384. The number of halogens is 1. The van der Waals surface area contributed by atoms with Crippen LogP contribution in [0.5, 0.6) is 0 Å². The Morgan fingerprint density at radius 2 is 1.95 bits per heavy atom. The molecule has 2 saturated heterocycles. The van der Waals surface area contributed by atoms with Gasteiger partial charge in [0.1, 0.15) is 0 Å². The fraction of sp³-hybridized carbons (Fsp3) is 1.00. The monoisotopic (exact) mass is 310 g/mol. The van der Waals surface area contributed by atoms with Crippen LogP contribution >= 0.6 is 11.6 Å². The molecule has 2 aliphatic heterocycles. The second-order valence-electron chi connectivity index (χ2n) is 5.28. The topological polar surface area (TPSA) is 49.9 Å². The summed E-state index contributed by atoms with van der Waals surface area (Å²) in [5, 5.41) is 0. The molecule has 2 aliphatic rings. The highest BCUT2D eigenvalue weighted by atomic mass is 35.5. The van der Waals surface area contributed by atoms with Gasteiger partial charge in [-0.2, -0.15) is 17.0 Å². The minimum absolute atomic E-state index is 0.0525. The van der Waals surface area contributed by atoms with Gasteiger partial charge in [-0.05, 0) is 25.7 Å². The third kappa shape index (κ3) is 3.42. The minimum Gasteiger partial charge on any atom is -0.381 e. The van der Waals surface area contributed by atoms with Gasteiger partial charge in [-0.15, -0.1) is 11.6 Å². The Balaban J connectivity index is 2.10. The van der Waals surface area contributed by atoms with Crippen molar-refractivity contribution in [3.63, 3.8) is 0 Å². The van der Waals surface area contributed by atoms with Crippen molar-refractivity contribution < 1.29 is 13.2 Å². The lowest BCUT2D eigenvalue weighted by Crippen LogP contribution is -2.53. The van der Waals surface area contributed by atoms with Crippen molar-refractivity contribution in [1.29, 1.82) is 0 Å². The van der Waals surface area contributed by atoms with Crippen molar-refractivity contribution >= 4 is 21.8 Å². The quantitative estimate of drug-likeness (QED) is 0.738. The summed E-state index contributed by atoms with van der Waals surface area (Å²) in [4.78, 5) is 0. The zero-order valence-corrected chi connectivity index (χ0v) is 13.0. The zero-order valence-electron chi connectivity index (χ0n) is 11.4. The zero-order chi connectivity index (χ0) is 13.9. The van der Waals surface area contributed by atoms with Crippen LogP contribution in [0.15, 0.2) is 0 Å². The van der Waals surface area contributed by atoms with E-state index in [9.17, 15) is 8.42 Å². The SMILES string of the molecule is CN(C1CCOCC1)S(=O)(=O)N1CCCCC1CCl. The van der Waals surface area contributed by atoms with Gasteiger partial charge in [-0.25, -0.2) is 0 Å². The fourth-order valence-electron chi connectivity index (χ4n) is 2.83. The van der Waals surface area contributed by atoms with Crippen LogP contribution in [0.4, 0.5) is 0 Å². The predicted molar refractivity (Wildman–Crippen MR) is 75.6 cm³/mol. The molecule has 7 heteroatoms. The summed E-state index contributed by atoms with van der Waals surface area (Å²) >= 11 is 5.93. The van der Waals surface area contributed by atoms with Gasteiger partial charge in [0, 0.05) is 44.8 Å². The maximum Gasteiger partial charge on any atom is 0.282 e. The van der Waals surface area contributed by atoms with Crippen molar-refractivity contribution in [2.45, 2.75) is 44.2 Å². The fourth-order valence-corrected chi connectivity index (χ4v) is 5.07. The smallest absolute Gasteiger partial charge is 0.282 e. The number of ether oxygens (including phenoxy) is 1. The van der Waals surface area contributed by atoms with Crippen LogP contribution < -0.4 is 0 Å². The van der Waals surface area contributed by atoms with Crippen molar-refractivity contribution in [3.05, 3.63) is 0 Å². The standard InChI is InChI=1S/C12H23ClN2O3S/c1-14(11-5-8-18-9-6-11)19(16,17)15-7-3-2-4-12(15)10-13/h11-12H,2-10H2,1H3. The molecule has 0 bridgehead atoms. The summed E-state index contributed by atoms with van der Waals surface area (Å²) in [6.45, 7) is 1.88. The van der Waals surface area contributed by atoms with Crippen LogP contribution in [0, 0.1) is 0 Å². The Labute approximate surface area is 121 Å². The van der Waals surface area contributed by atoms with Crippen LogP contribution in [0.3, 0.4) is 0 Å². The second-order valence-corrected chi connectivity index (χ2v) is 7.53. The number of piperidine rings is 1. The number of rotatable bonds is 4. The largest absolute Gasteiger partial charge is 0.381 e. The van der Waals surface area contributed by atoms with E-state index in [4.69, 9.17) is 16.3 Å². The molecule has 1 atom stereocenters. The molecular formula is C12H23ClN2O3S. The molecule has 2 fully saturated rings. The number of alkyl halides is 1. The molecular weight excluding hydrogens is 288 g/mol. The van der Waals surface area contributed by atoms with Gasteiger partial charge in [0.15, 0.2) is 0 Å². The molecule has 0 aliphatic carbocycles. The van der Waals surface area contributed by atoms with E-state index in [2.05, 4.69) is 0 Å². The van der Waals surface area contributed by atoms with Gasteiger partial charge in [-0.1, -0.05) is 6.42 Å². The summed E-state index contributed by atoms with van der Waals surface area (Å²) in [6, 6.07) is -0.000593. The first-order valence-corrected chi connectivity index (χ1v) is 8.89. The molecule has 0 aromatic carbocycles. The van der Waals surface area contributed by atoms with E-state index in [0.29, 0.717) is 25.6 Å². The van der Waals surface area contributed by atoms with Gasteiger partial charge in [0.05, 0.1) is 0 Å². The molecule has 0 N–H and O–H groups in total. The normalized spacial score (nSPS) is 27.8. The van der Waals surface area contributed by atoms with E-state index in [1.54, 1.807) is 11.4 Å². The maximum absolute atomic E-state index is 12.7. The van der Waals surface area contributed by atoms with Gasteiger partial charge in [0.2, 0.25) is 0 Å². The summed E-state index contributed by atoms with van der Waals surface area (Å²) in [7, 11) is -1.71. The van der Waals surface area contributed by atoms with Crippen LogP contribution in [0.25, 0.3) is 0 Å². The van der Waals surface area contributed by atoms with E-state index >= 15 is 0 Å². The third-order valence-electron chi connectivity index (χ3n) is 4.12. The molecule has 0 amide bonds. The molecule has 5 nitrogen and oxygen atoms in total. The first kappa shape index (κ1) is 15.5. The Hall–Kier alpha value is 0.120. The molecule has 19 heavy (non-hydrogen) atoms. The number of hydrogen-bond donors (Lipinski definition) is 0. The van der Waals surface area contributed by atoms with E-state index in [1.807, 2.05) is 0 Å². The number of hydrogen-bond acceptors (Lipinski definition) is 3. The lowest BCUT2D eigenvalue weighted by atomic mass is 10.1. The second kappa shape index (κ2) is 6.72. The van der Waals surface area contributed by atoms with Crippen LogP contribution in [-0.2, 0) is 14.9 Å². The molecule has 112 valence electrons. The van der Waals surface area contributed by atoms with E-state index in [-0.39, 0.29) is 12.1 Å². The van der Waals surface area contributed by atoms with Crippen molar-refractivity contribution in [1.82, 2.24) is 8.61 Å². The molecule has 0 aromatic rings. The average Bonchev–Trinajstić information content (AvgIpc) is 2.47. The molecule has 2 heterocycles. The van der Waals surface area contributed by atoms with Crippen molar-refractivity contribution in [2.75, 3.05) is 32.7 Å². The van der Waals surface area contributed by atoms with Crippen molar-refractivity contribution in [2.24, 2.45) is 0 Å². The Morgan fingerprint density at radius 3 is 2.58 bits per heavy atom. The highest BCUT2D eigenvalue weighted by molar-refractivity contribution is 7.86. The van der Waals surface area contributed by atoms with Crippen molar-refractivity contribution in [3.8, 4) is 0 Å². The van der Waals surface area contributed by atoms with Gasteiger partial charge < -0.3 is 4.74 Å². The highest BCUT2D eigenvalue weighted by Crippen LogP contribution is 2.25. The first-order chi connectivity index (χ1) is 9.07. The molecule has 0 aromatic heterocycles. The summed E-state index contributed by atoms with van der Waals surface area (Å²) in [5.41, 5.74) is 0. The Kier molecular flexibility index (Phi) is 5.48. The molecule has 2 rings (SSSR count). The predicted octanol–water partition coefficient (Wildman–Crippen LogP) is 1.44. The first-order valence-electron chi connectivity index (χ1n) is 6.96. The van der Waals surface area contributed by atoms with Gasteiger partial charge in [-0.3, -0.25) is 0 Å². The molecule has 1 unspecified atom stereocenters. The maximum atomic E-state index is 12.7. The minimum atomic E-state index is -3.40. The summed E-state index contributed by atoms with van der Waals surface area (Å²) < 4.78 is 33.8. The highest BCUT2D eigenvalue weighted by Gasteiger charge is 2.37. The van der Waals surface area contributed by atoms with E-state index in [1.165, 1.54) is 4.31 Å². The van der Waals surface area contributed by atoms with Gasteiger partial charge >= 0.3 is 0 Å². The van der Waals surface area contributed by atoms with E-state index in [0.717, 1.165) is 32.1 Å². The molecule has 0 saturated carbocycles. The van der Waals surface area contributed by atoms with Crippen LogP contribution in [0.2, 0.25) is 0 Å². The lowest BCUT2D eigenvalue weighted by molar-refractivity contribution is 0.0610.